The molecule has 0 aliphatic heterocycles. The molecule has 0 aromatic carbocycles. The van der Waals surface area contributed by atoms with E-state index in [1.54, 1.807) is 6.92 Å². The minimum Gasteiger partial charge on any atom is -0.480 e. The van der Waals surface area contributed by atoms with Crippen molar-refractivity contribution in [2.45, 2.75) is 31.9 Å². The molecule has 82 valence electrons. The molecule has 3 nitrogen and oxygen atoms in total. The molecule has 0 spiro atoms. The normalized spacial score (nSPS) is 12.4. The van der Waals surface area contributed by atoms with Crippen molar-refractivity contribution >= 4 is 43.8 Å². The van der Waals surface area contributed by atoms with Crippen molar-refractivity contribution in [3.63, 3.8) is 0 Å². The lowest BCUT2D eigenvalue weighted by Gasteiger charge is -2.03. The standard InChI is InChI=1S/C8H14O3S3/c1-3-4-5-12-8(11)14-13-6(2)7(9)10/h6H,3-5H2,1-2H3,(H,9,10). The summed E-state index contributed by atoms with van der Waals surface area (Å²) in [4.78, 5) is 21.6. The molecule has 0 radical (unpaired) electrons. The molecule has 1 atom stereocenters. The molecule has 0 aliphatic carbocycles. The highest BCUT2D eigenvalue weighted by Crippen LogP contribution is 2.32. The quantitative estimate of drug-likeness (QED) is 0.578. The Morgan fingerprint density at radius 3 is 2.57 bits per heavy atom. The topological polar surface area (TPSA) is 54.4 Å². The number of carboxylic acid groups (broad SMARTS) is 1. The number of thioether (sulfide) groups is 1. The molecule has 14 heavy (non-hydrogen) atoms. The molecular weight excluding hydrogens is 240 g/mol. The summed E-state index contributed by atoms with van der Waals surface area (Å²) in [6.07, 6.45) is 2.10. The Morgan fingerprint density at radius 1 is 1.43 bits per heavy atom. The van der Waals surface area contributed by atoms with Crippen molar-refractivity contribution < 1.29 is 14.7 Å². The van der Waals surface area contributed by atoms with Gasteiger partial charge >= 0.3 is 5.97 Å². The van der Waals surface area contributed by atoms with Gasteiger partial charge in [-0.3, -0.25) is 9.59 Å². The van der Waals surface area contributed by atoms with Gasteiger partial charge in [0, 0.05) is 5.75 Å². The first-order chi connectivity index (χ1) is 6.57. The number of carboxylic acids is 1. The summed E-state index contributed by atoms with van der Waals surface area (Å²) in [6, 6.07) is 0. The van der Waals surface area contributed by atoms with Gasteiger partial charge in [-0.2, -0.15) is 0 Å². The zero-order valence-electron chi connectivity index (χ0n) is 8.19. The van der Waals surface area contributed by atoms with Crippen molar-refractivity contribution in [1.29, 1.82) is 0 Å². The Labute approximate surface area is 96.2 Å². The number of carbonyl (C=O) groups is 2. The summed E-state index contributed by atoms with van der Waals surface area (Å²) >= 11 is 1.26. The van der Waals surface area contributed by atoms with Crippen molar-refractivity contribution in [3.05, 3.63) is 0 Å². The maximum atomic E-state index is 11.2. The van der Waals surface area contributed by atoms with Crippen LogP contribution in [0, 0.1) is 0 Å². The first kappa shape index (κ1) is 14.2. The van der Waals surface area contributed by atoms with Gasteiger partial charge in [0.05, 0.1) is 0 Å². The summed E-state index contributed by atoms with van der Waals surface area (Å²) in [6.45, 7) is 3.64. The summed E-state index contributed by atoms with van der Waals surface area (Å²) < 4.78 is -0.00319. The maximum absolute atomic E-state index is 11.2. The number of hydrogen-bond donors (Lipinski definition) is 1. The fourth-order valence-electron chi connectivity index (χ4n) is 0.477. The highest BCUT2D eigenvalue weighted by atomic mass is 33.1. The molecular formula is C8H14O3S3. The molecule has 0 aliphatic rings. The third-order valence-corrected chi connectivity index (χ3v) is 5.31. The summed E-state index contributed by atoms with van der Waals surface area (Å²) in [7, 11) is 2.12. The van der Waals surface area contributed by atoms with Crippen molar-refractivity contribution in [1.82, 2.24) is 0 Å². The number of unbranched alkanes of at least 4 members (excludes halogenated alkanes) is 1. The third-order valence-electron chi connectivity index (χ3n) is 1.33. The molecule has 0 bridgehead atoms. The third kappa shape index (κ3) is 7.58. The number of carbonyl (C=O) groups excluding carboxylic acids is 1. The second kappa shape index (κ2) is 8.49. The van der Waals surface area contributed by atoms with Crippen LogP contribution >= 0.6 is 33.3 Å². The van der Waals surface area contributed by atoms with Crippen LogP contribution in [0.2, 0.25) is 0 Å². The molecule has 0 saturated heterocycles. The Hall–Kier alpha value is 0.190. The van der Waals surface area contributed by atoms with Crippen LogP contribution in [0.25, 0.3) is 0 Å². The monoisotopic (exact) mass is 254 g/mol. The smallest absolute Gasteiger partial charge is 0.317 e. The van der Waals surface area contributed by atoms with Gasteiger partial charge in [0.2, 0.25) is 0 Å². The van der Waals surface area contributed by atoms with Crippen molar-refractivity contribution in [2.24, 2.45) is 0 Å². The first-order valence-corrected chi connectivity index (χ1v) is 7.50. The van der Waals surface area contributed by atoms with Crippen LogP contribution in [0.1, 0.15) is 26.7 Å². The maximum Gasteiger partial charge on any atom is 0.317 e. The van der Waals surface area contributed by atoms with Gasteiger partial charge in [0.15, 0.2) is 0 Å². The average Bonchev–Trinajstić information content (AvgIpc) is 2.14. The molecule has 1 N–H and O–H groups in total. The van der Waals surface area contributed by atoms with E-state index in [4.69, 9.17) is 5.11 Å². The van der Waals surface area contributed by atoms with Gasteiger partial charge < -0.3 is 5.11 Å². The molecule has 6 heteroatoms. The van der Waals surface area contributed by atoms with E-state index in [1.807, 2.05) is 0 Å². The van der Waals surface area contributed by atoms with Gasteiger partial charge in [-0.1, -0.05) is 35.9 Å². The highest BCUT2D eigenvalue weighted by molar-refractivity contribution is 8.86. The fraction of sp³-hybridized carbons (Fsp3) is 0.750. The fourth-order valence-corrected chi connectivity index (χ4v) is 3.53. The van der Waals surface area contributed by atoms with Crippen LogP contribution in [-0.2, 0) is 4.79 Å². The van der Waals surface area contributed by atoms with E-state index >= 15 is 0 Å². The lowest BCUT2D eigenvalue weighted by atomic mass is 10.4. The molecule has 0 amide bonds. The predicted octanol–water partition coefficient (Wildman–Crippen LogP) is 3.49. The zero-order valence-corrected chi connectivity index (χ0v) is 10.6. The number of hydrogen-bond acceptors (Lipinski definition) is 5. The largest absolute Gasteiger partial charge is 0.480 e. The molecule has 0 aromatic heterocycles. The summed E-state index contributed by atoms with van der Waals surface area (Å²) in [5.41, 5.74) is 0. The van der Waals surface area contributed by atoms with E-state index in [9.17, 15) is 9.59 Å². The zero-order chi connectivity index (χ0) is 11.0. The van der Waals surface area contributed by atoms with E-state index in [1.165, 1.54) is 11.8 Å². The molecule has 0 aromatic rings. The lowest BCUT2D eigenvalue weighted by Crippen LogP contribution is -2.10. The minimum atomic E-state index is -0.881. The van der Waals surface area contributed by atoms with Gasteiger partial charge in [0.1, 0.15) is 5.25 Å². The van der Waals surface area contributed by atoms with Crippen LogP contribution in [0.15, 0.2) is 0 Å². The second-order valence-electron chi connectivity index (χ2n) is 2.61. The minimum absolute atomic E-state index is 0.00319. The molecule has 1 unspecified atom stereocenters. The predicted molar refractivity (Wildman–Crippen MR) is 65.0 cm³/mol. The number of rotatable bonds is 6. The molecule has 0 heterocycles. The van der Waals surface area contributed by atoms with E-state index < -0.39 is 11.2 Å². The Balaban J connectivity index is 3.48. The van der Waals surface area contributed by atoms with Gasteiger partial charge in [-0.05, 0) is 24.1 Å². The highest BCUT2D eigenvalue weighted by Gasteiger charge is 2.14. The summed E-state index contributed by atoms with van der Waals surface area (Å²) in [5.74, 6) is -0.0569. The lowest BCUT2D eigenvalue weighted by molar-refractivity contribution is -0.136. The van der Waals surface area contributed by atoms with Crippen molar-refractivity contribution in [3.8, 4) is 0 Å². The van der Waals surface area contributed by atoms with E-state index in [-0.39, 0.29) is 4.45 Å². The molecule has 0 saturated carbocycles. The van der Waals surface area contributed by atoms with E-state index in [2.05, 4.69) is 6.92 Å². The average molecular weight is 254 g/mol. The van der Waals surface area contributed by atoms with E-state index in [0.717, 1.165) is 40.2 Å². The van der Waals surface area contributed by atoms with Crippen LogP contribution in [-0.4, -0.2) is 26.5 Å². The van der Waals surface area contributed by atoms with Crippen LogP contribution in [0.4, 0.5) is 4.79 Å². The van der Waals surface area contributed by atoms with Gasteiger partial charge in [0.25, 0.3) is 4.45 Å². The van der Waals surface area contributed by atoms with E-state index in [0.29, 0.717) is 0 Å². The second-order valence-corrected chi connectivity index (χ2v) is 6.45. The van der Waals surface area contributed by atoms with Crippen LogP contribution in [0.3, 0.4) is 0 Å². The van der Waals surface area contributed by atoms with Gasteiger partial charge in [-0.15, -0.1) is 0 Å². The van der Waals surface area contributed by atoms with Crippen LogP contribution in [0.5, 0.6) is 0 Å². The Bertz CT molecular complexity index is 196. The Morgan fingerprint density at radius 2 is 2.07 bits per heavy atom. The first-order valence-electron chi connectivity index (χ1n) is 4.30. The van der Waals surface area contributed by atoms with Crippen molar-refractivity contribution in [2.75, 3.05) is 5.75 Å². The Kier molecular flexibility index (Phi) is 8.61. The SMILES string of the molecule is CCCCSC(=O)SSC(C)C(=O)O. The molecule has 0 rings (SSSR count). The summed E-state index contributed by atoms with van der Waals surface area (Å²) in [5, 5.41) is 8.03. The number of aliphatic carboxylic acids is 1. The molecule has 0 fully saturated rings. The van der Waals surface area contributed by atoms with Gasteiger partial charge in [-0.25, -0.2) is 0 Å². The van der Waals surface area contributed by atoms with Crippen LogP contribution < -0.4 is 0 Å².